The number of rotatable bonds is 1. The Hall–Kier alpha value is -1.79. The van der Waals surface area contributed by atoms with Crippen molar-refractivity contribution >= 4 is 10.9 Å². The predicted octanol–water partition coefficient (Wildman–Crippen LogP) is 3.95. The molecule has 3 heteroatoms. The maximum Gasteiger partial charge on any atom is 0.0676 e. The van der Waals surface area contributed by atoms with E-state index in [2.05, 4.69) is 47.1 Å². The Labute approximate surface area is 125 Å². The summed E-state index contributed by atoms with van der Waals surface area (Å²) in [5, 5.41) is 10.9. The highest BCUT2D eigenvalue weighted by atomic mass is 15.2. The van der Waals surface area contributed by atoms with Crippen LogP contribution in [0.2, 0.25) is 0 Å². The van der Waals surface area contributed by atoms with Gasteiger partial charge in [-0.05, 0) is 43.4 Å². The minimum absolute atomic E-state index is 0.128. The van der Waals surface area contributed by atoms with Gasteiger partial charge in [-0.3, -0.25) is 4.90 Å². The largest absolute Gasteiger partial charge is 0.357 e. The molecule has 0 spiro atoms. The van der Waals surface area contributed by atoms with Crippen molar-refractivity contribution in [1.82, 2.24) is 9.88 Å². The Kier molecular flexibility index (Phi) is 3.01. The van der Waals surface area contributed by atoms with E-state index in [9.17, 15) is 5.26 Å². The molecule has 3 heterocycles. The molecule has 1 saturated heterocycles. The van der Waals surface area contributed by atoms with Gasteiger partial charge in [0.1, 0.15) is 0 Å². The van der Waals surface area contributed by atoms with Crippen LogP contribution in [0.1, 0.15) is 49.4 Å². The van der Waals surface area contributed by atoms with Gasteiger partial charge in [0.25, 0.3) is 0 Å². The van der Waals surface area contributed by atoms with Gasteiger partial charge >= 0.3 is 0 Å². The maximum absolute atomic E-state index is 9.56. The number of nitrogens with zero attached hydrogens (tertiary/aromatic N) is 2. The Morgan fingerprint density at radius 3 is 3.05 bits per heavy atom. The number of aromatic amines is 1. The van der Waals surface area contributed by atoms with Crippen LogP contribution in [0.15, 0.2) is 24.3 Å². The van der Waals surface area contributed by atoms with Crippen LogP contribution >= 0.6 is 0 Å². The molecule has 108 valence electrons. The van der Waals surface area contributed by atoms with Crippen LogP contribution < -0.4 is 0 Å². The highest BCUT2D eigenvalue weighted by Gasteiger charge is 2.41. The van der Waals surface area contributed by atoms with Crippen molar-refractivity contribution in [1.29, 1.82) is 5.26 Å². The van der Waals surface area contributed by atoms with E-state index in [1.54, 1.807) is 0 Å². The summed E-state index contributed by atoms with van der Waals surface area (Å²) < 4.78 is 0. The van der Waals surface area contributed by atoms with Gasteiger partial charge < -0.3 is 4.98 Å². The lowest BCUT2D eigenvalue weighted by Gasteiger charge is -2.44. The monoisotopic (exact) mass is 279 g/mol. The fourth-order valence-corrected chi connectivity index (χ4v) is 4.35. The molecular weight excluding hydrogens is 258 g/mol. The minimum atomic E-state index is 0.128. The molecule has 2 aliphatic rings. The van der Waals surface area contributed by atoms with Crippen molar-refractivity contribution < 1.29 is 0 Å². The predicted molar refractivity (Wildman–Crippen MR) is 84.0 cm³/mol. The van der Waals surface area contributed by atoms with E-state index >= 15 is 0 Å². The van der Waals surface area contributed by atoms with Gasteiger partial charge in [0.2, 0.25) is 0 Å². The minimum Gasteiger partial charge on any atom is -0.357 e. The molecule has 1 aromatic heterocycles. The Bertz CT molecular complexity index is 709. The van der Waals surface area contributed by atoms with Crippen LogP contribution in [0.5, 0.6) is 0 Å². The molecule has 4 rings (SSSR count). The fraction of sp³-hybridized carbons (Fsp3) is 0.500. The van der Waals surface area contributed by atoms with Crippen LogP contribution in [0.25, 0.3) is 10.9 Å². The van der Waals surface area contributed by atoms with Gasteiger partial charge in [0, 0.05) is 23.1 Å². The van der Waals surface area contributed by atoms with Gasteiger partial charge in [0.05, 0.1) is 18.0 Å². The van der Waals surface area contributed by atoms with Crippen LogP contribution in [-0.2, 0) is 0 Å². The lowest BCUT2D eigenvalue weighted by Crippen LogP contribution is -2.44. The summed E-state index contributed by atoms with van der Waals surface area (Å²) in [5.41, 5.74) is 4.03. The zero-order valence-corrected chi connectivity index (χ0v) is 12.5. The average molecular weight is 279 g/mol. The number of fused-ring (bicyclic) bond motifs is 5. The molecule has 21 heavy (non-hydrogen) atoms. The van der Waals surface area contributed by atoms with E-state index in [-0.39, 0.29) is 12.0 Å². The van der Waals surface area contributed by atoms with Crippen molar-refractivity contribution in [2.45, 2.75) is 38.1 Å². The number of nitrogens with one attached hydrogen (secondary N) is 1. The molecule has 1 N–H and O–H groups in total. The first-order valence-electron chi connectivity index (χ1n) is 8.07. The number of para-hydroxylation sites is 1. The second-order valence-corrected chi connectivity index (χ2v) is 6.42. The number of hydrogen-bond donors (Lipinski definition) is 1. The lowest BCUT2D eigenvalue weighted by atomic mass is 9.79. The normalized spacial score (nSPS) is 28.9. The van der Waals surface area contributed by atoms with Gasteiger partial charge in [-0.15, -0.1) is 0 Å². The number of aromatic nitrogens is 1. The first-order chi connectivity index (χ1) is 10.3. The maximum atomic E-state index is 9.56. The van der Waals surface area contributed by atoms with E-state index in [0.717, 1.165) is 32.4 Å². The summed E-state index contributed by atoms with van der Waals surface area (Å²) in [6.07, 6.45) is 3.35. The van der Waals surface area contributed by atoms with E-state index in [4.69, 9.17) is 0 Å². The number of H-pyrrole nitrogens is 1. The second kappa shape index (κ2) is 4.89. The van der Waals surface area contributed by atoms with Crippen LogP contribution in [0.3, 0.4) is 0 Å². The lowest BCUT2D eigenvalue weighted by molar-refractivity contribution is 0.0923. The summed E-state index contributed by atoms with van der Waals surface area (Å²) in [5.74, 6) is 0.716. The Morgan fingerprint density at radius 2 is 2.24 bits per heavy atom. The van der Waals surface area contributed by atoms with Gasteiger partial charge in [0.15, 0.2) is 0 Å². The average Bonchev–Trinajstić information content (AvgIpc) is 2.93. The van der Waals surface area contributed by atoms with Crippen molar-refractivity contribution in [2.75, 3.05) is 13.1 Å². The molecule has 1 fully saturated rings. The van der Waals surface area contributed by atoms with Crippen molar-refractivity contribution in [3.63, 3.8) is 0 Å². The van der Waals surface area contributed by atoms with E-state index in [1.165, 1.54) is 22.2 Å². The first-order valence-corrected chi connectivity index (χ1v) is 8.07. The topological polar surface area (TPSA) is 42.8 Å². The second-order valence-electron chi connectivity index (χ2n) is 6.42. The summed E-state index contributed by atoms with van der Waals surface area (Å²) in [4.78, 5) is 6.20. The molecule has 3 unspecified atom stereocenters. The van der Waals surface area contributed by atoms with Crippen molar-refractivity contribution in [3.05, 3.63) is 35.5 Å². The fourth-order valence-electron chi connectivity index (χ4n) is 4.35. The molecule has 0 aliphatic carbocycles. The summed E-state index contributed by atoms with van der Waals surface area (Å²) in [6, 6.07) is 11.4. The number of piperidine rings is 1. The van der Waals surface area contributed by atoms with E-state index in [0.29, 0.717) is 5.92 Å². The van der Waals surface area contributed by atoms with Gasteiger partial charge in [-0.2, -0.15) is 5.26 Å². The van der Waals surface area contributed by atoms with Crippen molar-refractivity contribution in [2.24, 2.45) is 5.92 Å². The molecule has 0 bridgehead atoms. The molecule has 3 atom stereocenters. The molecular formula is C18H21N3. The molecule has 1 aromatic carbocycles. The first kappa shape index (κ1) is 12.9. The summed E-state index contributed by atoms with van der Waals surface area (Å²) in [7, 11) is 0. The van der Waals surface area contributed by atoms with Crippen molar-refractivity contribution in [3.8, 4) is 6.07 Å². The third-order valence-electron chi connectivity index (χ3n) is 5.33. The molecule has 2 aromatic rings. The van der Waals surface area contributed by atoms with E-state index < -0.39 is 0 Å². The number of nitriles is 1. The quantitative estimate of drug-likeness (QED) is 0.858. The SMILES string of the molecule is CCC1CN2CCCC(C#N)C2c2[nH]c3ccccc3c21. The molecule has 2 aliphatic heterocycles. The summed E-state index contributed by atoms with van der Waals surface area (Å²) in [6.45, 7) is 4.52. The third kappa shape index (κ3) is 1.82. The van der Waals surface area contributed by atoms with Crippen LogP contribution in [0.4, 0.5) is 0 Å². The zero-order chi connectivity index (χ0) is 14.4. The number of benzene rings is 1. The smallest absolute Gasteiger partial charge is 0.0676 e. The third-order valence-corrected chi connectivity index (χ3v) is 5.33. The van der Waals surface area contributed by atoms with Gasteiger partial charge in [-0.25, -0.2) is 0 Å². The van der Waals surface area contributed by atoms with Crippen LogP contribution in [-0.4, -0.2) is 23.0 Å². The molecule has 0 saturated carbocycles. The van der Waals surface area contributed by atoms with Gasteiger partial charge in [-0.1, -0.05) is 25.1 Å². The summed E-state index contributed by atoms with van der Waals surface area (Å²) >= 11 is 0. The zero-order valence-electron chi connectivity index (χ0n) is 12.5. The Morgan fingerprint density at radius 1 is 1.38 bits per heavy atom. The highest BCUT2D eigenvalue weighted by molar-refractivity contribution is 5.85. The Balaban J connectivity index is 1.94. The standard InChI is InChI=1S/C18H21N3/c1-2-12-11-21-9-5-6-13(10-19)18(21)17-16(12)14-7-3-4-8-15(14)20-17/h3-4,7-8,12-13,18,20H,2,5-6,9,11H2,1H3. The molecule has 0 radical (unpaired) electrons. The highest BCUT2D eigenvalue weighted by Crippen LogP contribution is 2.46. The number of hydrogen-bond acceptors (Lipinski definition) is 2. The van der Waals surface area contributed by atoms with E-state index in [1.807, 2.05) is 0 Å². The molecule has 0 amide bonds. The van der Waals surface area contributed by atoms with Crippen LogP contribution in [0, 0.1) is 17.2 Å². The molecule has 3 nitrogen and oxygen atoms in total.